The van der Waals surface area contributed by atoms with Gasteiger partial charge in [-0.05, 0) is 71.0 Å². The van der Waals surface area contributed by atoms with Gasteiger partial charge in [0, 0.05) is 18.8 Å². The smallest absolute Gasteiger partial charge is 0.0340 e. The van der Waals surface area contributed by atoms with Gasteiger partial charge in [-0.2, -0.15) is 0 Å². The van der Waals surface area contributed by atoms with Crippen molar-refractivity contribution in [2.75, 3.05) is 52.1 Å². The lowest BCUT2D eigenvalue weighted by atomic mass is 9.97. The SMILES string of the molecule is CN1CCC(CN(C)CCCNc2ccccc2)CC1. The minimum absolute atomic E-state index is 0.901. The maximum absolute atomic E-state index is 3.48. The van der Waals surface area contributed by atoms with E-state index in [-0.39, 0.29) is 0 Å². The number of benzene rings is 1. The van der Waals surface area contributed by atoms with Gasteiger partial charge in [0.1, 0.15) is 0 Å². The third-order valence-corrected chi connectivity index (χ3v) is 4.23. The lowest BCUT2D eigenvalue weighted by Gasteiger charge is -2.31. The summed E-state index contributed by atoms with van der Waals surface area (Å²) in [5, 5.41) is 3.48. The number of rotatable bonds is 7. The Morgan fingerprint density at radius 2 is 1.90 bits per heavy atom. The fourth-order valence-electron chi connectivity index (χ4n) is 2.91. The number of hydrogen-bond acceptors (Lipinski definition) is 3. The van der Waals surface area contributed by atoms with Crippen LogP contribution in [0.4, 0.5) is 5.69 Å². The summed E-state index contributed by atoms with van der Waals surface area (Å²) >= 11 is 0. The highest BCUT2D eigenvalue weighted by Crippen LogP contribution is 2.16. The fourth-order valence-corrected chi connectivity index (χ4v) is 2.91. The number of piperidine rings is 1. The molecule has 1 aromatic carbocycles. The largest absolute Gasteiger partial charge is 0.385 e. The van der Waals surface area contributed by atoms with E-state index in [1.807, 2.05) is 0 Å². The maximum atomic E-state index is 3.48. The first-order valence-corrected chi connectivity index (χ1v) is 7.90. The molecule has 0 aliphatic carbocycles. The van der Waals surface area contributed by atoms with E-state index in [0.717, 1.165) is 12.5 Å². The molecule has 0 saturated carbocycles. The number of hydrogen-bond donors (Lipinski definition) is 1. The number of anilines is 1. The van der Waals surface area contributed by atoms with Gasteiger partial charge < -0.3 is 15.1 Å². The predicted octanol–water partition coefficient (Wildman–Crippen LogP) is 2.76. The van der Waals surface area contributed by atoms with Gasteiger partial charge in [-0.1, -0.05) is 18.2 Å². The highest BCUT2D eigenvalue weighted by atomic mass is 15.1. The molecule has 1 aliphatic rings. The van der Waals surface area contributed by atoms with Crippen LogP contribution in [0.2, 0.25) is 0 Å². The van der Waals surface area contributed by atoms with E-state index in [9.17, 15) is 0 Å². The Labute approximate surface area is 124 Å². The first kappa shape index (κ1) is 15.3. The van der Waals surface area contributed by atoms with Crippen molar-refractivity contribution in [3.8, 4) is 0 Å². The molecule has 112 valence electrons. The summed E-state index contributed by atoms with van der Waals surface area (Å²) in [5.74, 6) is 0.901. The molecule has 20 heavy (non-hydrogen) atoms. The Morgan fingerprint density at radius 1 is 1.20 bits per heavy atom. The Balaban J connectivity index is 1.55. The molecule has 0 spiro atoms. The Hall–Kier alpha value is -1.06. The fraction of sp³-hybridized carbons (Fsp3) is 0.647. The summed E-state index contributed by atoms with van der Waals surface area (Å²) in [6.45, 7) is 6.05. The van der Waals surface area contributed by atoms with Gasteiger partial charge in [0.05, 0.1) is 0 Å². The van der Waals surface area contributed by atoms with E-state index in [0.29, 0.717) is 0 Å². The zero-order chi connectivity index (χ0) is 14.2. The van der Waals surface area contributed by atoms with Crippen LogP contribution in [0.1, 0.15) is 19.3 Å². The quantitative estimate of drug-likeness (QED) is 0.772. The highest BCUT2D eigenvalue weighted by molar-refractivity contribution is 5.42. The van der Waals surface area contributed by atoms with Crippen molar-refractivity contribution in [2.24, 2.45) is 5.92 Å². The summed E-state index contributed by atoms with van der Waals surface area (Å²) in [4.78, 5) is 4.95. The van der Waals surface area contributed by atoms with Gasteiger partial charge in [-0.25, -0.2) is 0 Å². The average Bonchev–Trinajstić information content (AvgIpc) is 2.47. The zero-order valence-corrected chi connectivity index (χ0v) is 13.0. The van der Waals surface area contributed by atoms with Crippen LogP contribution >= 0.6 is 0 Å². The summed E-state index contributed by atoms with van der Waals surface area (Å²) in [6, 6.07) is 10.5. The van der Waals surface area contributed by atoms with Crippen LogP contribution in [0.25, 0.3) is 0 Å². The molecule has 3 nitrogen and oxygen atoms in total. The molecule has 1 heterocycles. The van der Waals surface area contributed by atoms with Crippen molar-refractivity contribution < 1.29 is 0 Å². The first-order chi connectivity index (χ1) is 9.74. The monoisotopic (exact) mass is 275 g/mol. The molecule has 0 unspecified atom stereocenters. The van der Waals surface area contributed by atoms with Crippen molar-refractivity contribution >= 4 is 5.69 Å². The van der Waals surface area contributed by atoms with Crippen LogP contribution in [-0.4, -0.2) is 56.6 Å². The van der Waals surface area contributed by atoms with Crippen molar-refractivity contribution in [1.29, 1.82) is 0 Å². The minimum atomic E-state index is 0.901. The van der Waals surface area contributed by atoms with Gasteiger partial charge in [0.25, 0.3) is 0 Å². The van der Waals surface area contributed by atoms with Gasteiger partial charge >= 0.3 is 0 Å². The molecule has 1 N–H and O–H groups in total. The van der Waals surface area contributed by atoms with Gasteiger partial charge in [0.15, 0.2) is 0 Å². The molecular weight excluding hydrogens is 246 g/mol. The molecule has 0 bridgehead atoms. The molecule has 1 saturated heterocycles. The third-order valence-electron chi connectivity index (χ3n) is 4.23. The van der Waals surface area contributed by atoms with E-state index >= 15 is 0 Å². The maximum Gasteiger partial charge on any atom is 0.0340 e. The molecule has 1 aliphatic heterocycles. The number of likely N-dealkylation sites (tertiary alicyclic amines) is 1. The van der Waals surface area contributed by atoms with Gasteiger partial charge in [-0.15, -0.1) is 0 Å². The zero-order valence-electron chi connectivity index (χ0n) is 13.0. The Morgan fingerprint density at radius 3 is 2.60 bits per heavy atom. The molecule has 1 aromatic rings. The lowest BCUT2D eigenvalue weighted by Crippen LogP contribution is -2.36. The highest BCUT2D eigenvalue weighted by Gasteiger charge is 2.17. The summed E-state index contributed by atoms with van der Waals surface area (Å²) in [6.07, 6.45) is 3.93. The Bertz CT molecular complexity index is 358. The predicted molar refractivity (Wildman–Crippen MR) is 87.3 cm³/mol. The summed E-state index contributed by atoms with van der Waals surface area (Å²) in [7, 11) is 4.50. The molecule has 1 fully saturated rings. The minimum Gasteiger partial charge on any atom is -0.385 e. The lowest BCUT2D eigenvalue weighted by molar-refractivity contribution is 0.176. The van der Waals surface area contributed by atoms with Crippen LogP contribution in [0, 0.1) is 5.92 Å². The Kier molecular flexibility index (Phi) is 6.34. The summed E-state index contributed by atoms with van der Waals surface area (Å²) < 4.78 is 0. The standard InChI is InChI=1S/C17H29N3/c1-19-13-9-16(10-14-19)15-20(2)12-6-11-18-17-7-4-3-5-8-17/h3-5,7-8,16,18H,6,9-15H2,1-2H3. The third kappa shape index (κ3) is 5.51. The molecule has 2 rings (SSSR count). The van der Waals surface area contributed by atoms with Crippen LogP contribution < -0.4 is 5.32 Å². The van der Waals surface area contributed by atoms with E-state index < -0.39 is 0 Å². The van der Waals surface area contributed by atoms with E-state index in [4.69, 9.17) is 0 Å². The van der Waals surface area contributed by atoms with E-state index in [1.54, 1.807) is 0 Å². The van der Waals surface area contributed by atoms with Crippen LogP contribution in [-0.2, 0) is 0 Å². The van der Waals surface area contributed by atoms with Crippen molar-refractivity contribution in [3.05, 3.63) is 30.3 Å². The second kappa shape index (κ2) is 8.28. The number of nitrogens with zero attached hydrogens (tertiary/aromatic N) is 2. The van der Waals surface area contributed by atoms with Gasteiger partial charge in [-0.3, -0.25) is 0 Å². The van der Waals surface area contributed by atoms with E-state index in [1.165, 1.54) is 51.1 Å². The first-order valence-electron chi connectivity index (χ1n) is 7.90. The van der Waals surface area contributed by atoms with E-state index in [2.05, 4.69) is 59.5 Å². The van der Waals surface area contributed by atoms with Crippen LogP contribution in [0.5, 0.6) is 0 Å². The molecule has 0 atom stereocenters. The van der Waals surface area contributed by atoms with Crippen LogP contribution in [0.3, 0.4) is 0 Å². The van der Waals surface area contributed by atoms with Crippen molar-refractivity contribution in [2.45, 2.75) is 19.3 Å². The second-order valence-corrected chi connectivity index (χ2v) is 6.16. The average molecular weight is 275 g/mol. The van der Waals surface area contributed by atoms with Crippen molar-refractivity contribution in [1.82, 2.24) is 9.80 Å². The molecule has 0 radical (unpaired) electrons. The number of nitrogens with one attached hydrogen (secondary N) is 1. The topological polar surface area (TPSA) is 18.5 Å². The second-order valence-electron chi connectivity index (χ2n) is 6.16. The van der Waals surface area contributed by atoms with Crippen molar-refractivity contribution in [3.63, 3.8) is 0 Å². The number of para-hydroxylation sites is 1. The normalized spacial score (nSPS) is 17.6. The summed E-state index contributed by atoms with van der Waals surface area (Å²) in [5.41, 5.74) is 1.23. The van der Waals surface area contributed by atoms with Crippen LogP contribution in [0.15, 0.2) is 30.3 Å². The molecule has 0 amide bonds. The molecular formula is C17H29N3. The molecule has 3 heteroatoms. The van der Waals surface area contributed by atoms with Gasteiger partial charge in [0.2, 0.25) is 0 Å². The molecule has 0 aromatic heterocycles.